The Hall–Kier alpha value is -1.82. The van der Waals surface area contributed by atoms with Crippen LogP contribution < -0.4 is 14.8 Å². The van der Waals surface area contributed by atoms with E-state index in [-0.39, 0.29) is 6.04 Å². The molecule has 2 rings (SSSR count). The van der Waals surface area contributed by atoms with Crippen LogP contribution in [0.25, 0.3) is 0 Å². The quantitative estimate of drug-likeness (QED) is 0.851. The van der Waals surface area contributed by atoms with Crippen LogP contribution in [0.1, 0.15) is 24.4 Å². The Morgan fingerprint density at radius 2 is 1.95 bits per heavy atom. The molecule has 0 aliphatic heterocycles. The molecule has 0 bridgehead atoms. The van der Waals surface area contributed by atoms with Gasteiger partial charge in [0.2, 0.25) is 5.13 Å². The average Bonchev–Trinajstić information content (AvgIpc) is 2.94. The smallest absolute Gasteiger partial charge is 0.205 e. The summed E-state index contributed by atoms with van der Waals surface area (Å²) in [5.41, 5.74) is 1.19. The van der Waals surface area contributed by atoms with Crippen molar-refractivity contribution in [1.82, 2.24) is 10.2 Å². The fourth-order valence-electron chi connectivity index (χ4n) is 2.08. The Balaban J connectivity index is 2.00. The van der Waals surface area contributed by atoms with Crippen molar-refractivity contribution >= 4 is 16.5 Å². The van der Waals surface area contributed by atoms with E-state index in [4.69, 9.17) is 9.47 Å². The van der Waals surface area contributed by atoms with Gasteiger partial charge in [0, 0.05) is 6.04 Å². The number of hydrogen-bond acceptors (Lipinski definition) is 6. The summed E-state index contributed by atoms with van der Waals surface area (Å²) in [6, 6.07) is 6.26. The lowest BCUT2D eigenvalue weighted by Crippen LogP contribution is -2.18. The lowest BCUT2D eigenvalue weighted by atomic mass is 10.1. The topological polar surface area (TPSA) is 56.3 Å². The largest absolute Gasteiger partial charge is 0.493 e. The highest BCUT2D eigenvalue weighted by Crippen LogP contribution is 2.28. The van der Waals surface area contributed by atoms with Crippen LogP contribution in [0, 0.1) is 0 Å². The Kier molecular flexibility index (Phi) is 5.38. The number of nitrogens with one attached hydrogen (secondary N) is 1. The second-order valence-electron chi connectivity index (χ2n) is 4.79. The van der Waals surface area contributed by atoms with Crippen molar-refractivity contribution in [2.45, 2.75) is 32.7 Å². The van der Waals surface area contributed by atoms with Crippen molar-refractivity contribution in [2.24, 2.45) is 0 Å². The molecule has 0 fully saturated rings. The van der Waals surface area contributed by atoms with Crippen molar-refractivity contribution in [1.29, 1.82) is 0 Å². The van der Waals surface area contributed by atoms with Crippen LogP contribution in [-0.2, 0) is 12.8 Å². The molecule has 114 valence electrons. The fourth-order valence-corrected chi connectivity index (χ4v) is 2.87. The molecule has 1 aromatic heterocycles. The van der Waals surface area contributed by atoms with Crippen molar-refractivity contribution in [3.05, 3.63) is 28.8 Å². The van der Waals surface area contributed by atoms with Crippen LogP contribution >= 0.6 is 11.3 Å². The summed E-state index contributed by atoms with van der Waals surface area (Å²) in [5.74, 6) is 1.50. The SMILES string of the molecule is CCc1nnc(NC(C)Cc2ccc(OC)c(OC)c2)s1. The van der Waals surface area contributed by atoms with Gasteiger partial charge in [-0.3, -0.25) is 0 Å². The molecular formula is C15H21N3O2S. The molecule has 1 N–H and O–H groups in total. The van der Waals surface area contributed by atoms with Gasteiger partial charge in [0.05, 0.1) is 14.2 Å². The van der Waals surface area contributed by atoms with Crippen LogP contribution in [0.4, 0.5) is 5.13 Å². The van der Waals surface area contributed by atoms with Gasteiger partial charge in [-0.05, 0) is 37.5 Å². The van der Waals surface area contributed by atoms with Gasteiger partial charge in [0.15, 0.2) is 11.5 Å². The van der Waals surface area contributed by atoms with Crippen molar-refractivity contribution < 1.29 is 9.47 Å². The molecule has 6 heteroatoms. The third-order valence-electron chi connectivity index (χ3n) is 3.13. The van der Waals surface area contributed by atoms with E-state index >= 15 is 0 Å². The molecule has 2 aromatic rings. The van der Waals surface area contributed by atoms with E-state index in [1.165, 1.54) is 5.56 Å². The van der Waals surface area contributed by atoms with Crippen LogP contribution in [-0.4, -0.2) is 30.5 Å². The minimum Gasteiger partial charge on any atom is -0.493 e. The predicted molar refractivity (Wildman–Crippen MR) is 85.6 cm³/mol. The highest BCUT2D eigenvalue weighted by atomic mass is 32.1. The van der Waals surface area contributed by atoms with Gasteiger partial charge in [-0.1, -0.05) is 24.3 Å². The fraction of sp³-hybridized carbons (Fsp3) is 0.467. The number of hydrogen-bond donors (Lipinski definition) is 1. The molecule has 0 aliphatic rings. The van der Waals surface area contributed by atoms with Crippen LogP contribution in [0.5, 0.6) is 11.5 Å². The van der Waals surface area contributed by atoms with Crippen molar-refractivity contribution in [3.8, 4) is 11.5 Å². The zero-order valence-electron chi connectivity index (χ0n) is 12.8. The first-order valence-electron chi connectivity index (χ1n) is 6.96. The molecule has 1 heterocycles. The molecule has 0 spiro atoms. The summed E-state index contributed by atoms with van der Waals surface area (Å²) < 4.78 is 10.6. The number of aromatic nitrogens is 2. The maximum atomic E-state index is 5.33. The summed E-state index contributed by atoms with van der Waals surface area (Å²) in [6.07, 6.45) is 1.80. The monoisotopic (exact) mass is 307 g/mol. The molecule has 0 aliphatic carbocycles. The van der Waals surface area contributed by atoms with E-state index in [0.717, 1.165) is 34.5 Å². The number of rotatable bonds is 7. The van der Waals surface area contributed by atoms with Gasteiger partial charge in [-0.15, -0.1) is 10.2 Å². The lowest BCUT2D eigenvalue weighted by Gasteiger charge is -2.14. The second-order valence-corrected chi connectivity index (χ2v) is 5.86. The van der Waals surface area contributed by atoms with Crippen molar-refractivity contribution in [3.63, 3.8) is 0 Å². The highest BCUT2D eigenvalue weighted by molar-refractivity contribution is 7.15. The minimum absolute atomic E-state index is 0.265. The number of ether oxygens (including phenoxy) is 2. The van der Waals surface area contributed by atoms with E-state index in [9.17, 15) is 0 Å². The summed E-state index contributed by atoms with van der Waals surface area (Å²) in [5, 5.41) is 13.6. The van der Waals surface area contributed by atoms with Gasteiger partial charge >= 0.3 is 0 Å². The predicted octanol–water partition coefficient (Wildman–Crippen LogP) is 3.16. The molecule has 1 atom stereocenters. The molecule has 0 radical (unpaired) electrons. The molecule has 0 saturated heterocycles. The first-order valence-corrected chi connectivity index (χ1v) is 7.77. The normalized spacial score (nSPS) is 12.0. The Labute approximate surface area is 129 Å². The standard InChI is InChI=1S/C15H21N3O2S/c1-5-14-17-18-15(21-14)16-10(2)8-11-6-7-12(19-3)13(9-11)20-4/h6-7,9-10H,5,8H2,1-4H3,(H,16,18). The van der Waals surface area contributed by atoms with E-state index in [2.05, 4.69) is 35.4 Å². The zero-order chi connectivity index (χ0) is 15.2. The third kappa shape index (κ3) is 4.07. The van der Waals surface area contributed by atoms with Crippen molar-refractivity contribution in [2.75, 3.05) is 19.5 Å². The number of nitrogens with zero attached hydrogens (tertiary/aromatic N) is 2. The van der Waals surface area contributed by atoms with E-state index in [1.54, 1.807) is 25.6 Å². The van der Waals surface area contributed by atoms with E-state index in [0.29, 0.717) is 0 Å². The zero-order valence-corrected chi connectivity index (χ0v) is 13.7. The Bertz CT molecular complexity index is 586. The molecule has 0 saturated carbocycles. The number of anilines is 1. The first kappa shape index (κ1) is 15.6. The molecule has 21 heavy (non-hydrogen) atoms. The summed E-state index contributed by atoms with van der Waals surface area (Å²) in [4.78, 5) is 0. The average molecular weight is 307 g/mol. The summed E-state index contributed by atoms with van der Waals surface area (Å²) in [7, 11) is 3.29. The van der Waals surface area contributed by atoms with Crippen LogP contribution in [0.15, 0.2) is 18.2 Å². The highest BCUT2D eigenvalue weighted by Gasteiger charge is 2.10. The molecule has 0 amide bonds. The summed E-state index contributed by atoms with van der Waals surface area (Å²) in [6.45, 7) is 4.21. The Morgan fingerprint density at radius 1 is 1.19 bits per heavy atom. The van der Waals surface area contributed by atoms with Gasteiger partial charge in [-0.25, -0.2) is 0 Å². The van der Waals surface area contributed by atoms with Gasteiger partial charge in [0.1, 0.15) is 5.01 Å². The second kappa shape index (κ2) is 7.26. The first-order chi connectivity index (χ1) is 10.2. The molecular weight excluding hydrogens is 286 g/mol. The van der Waals surface area contributed by atoms with E-state index < -0.39 is 0 Å². The van der Waals surface area contributed by atoms with E-state index in [1.807, 2.05) is 12.1 Å². The summed E-state index contributed by atoms with van der Waals surface area (Å²) >= 11 is 1.61. The minimum atomic E-state index is 0.265. The van der Waals surface area contributed by atoms with Gasteiger partial charge in [-0.2, -0.15) is 0 Å². The van der Waals surface area contributed by atoms with Gasteiger partial charge < -0.3 is 14.8 Å². The van der Waals surface area contributed by atoms with Crippen LogP contribution in [0.3, 0.4) is 0 Å². The maximum Gasteiger partial charge on any atom is 0.205 e. The number of benzene rings is 1. The number of aryl methyl sites for hydroxylation is 1. The number of methoxy groups -OCH3 is 2. The maximum absolute atomic E-state index is 5.33. The lowest BCUT2D eigenvalue weighted by molar-refractivity contribution is 0.354. The molecule has 5 nitrogen and oxygen atoms in total. The third-order valence-corrected chi connectivity index (χ3v) is 4.13. The molecule has 1 unspecified atom stereocenters. The Morgan fingerprint density at radius 3 is 2.57 bits per heavy atom. The van der Waals surface area contributed by atoms with Crippen LogP contribution in [0.2, 0.25) is 0 Å². The molecule has 1 aromatic carbocycles. The van der Waals surface area contributed by atoms with Gasteiger partial charge in [0.25, 0.3) is 0 Å².